The van der Waals surface area contributed by atoms with Crippen molar-refractivity contribution in [2.24, 2.45) is 4.99 Å². The summed E-state index contributed by atoms with van der Waals surface area (Å²) >= 11 is 0. The summed E-state index contributed by atoms with van der Waals surface area (Å²) in [6.45, 7) is 1.81. The van der Waals surface area contributed by atoms with Gasteiger partial charge in [0, 0.05) is 6.21 Å². The lowest BCUT2D eigenvalue weighted by Crippen LogP contribution is -2.30. The van der Waals surface area contributed by atoms with Crippen molar-refractivity contribution in [3.05, 3.63) is 92.6 Å². The third kappa shape index (κ3) is 3.54. The van der Waals surface area contributed by atoms with Gasteiger partial charge in [0.15, 0.2) is 0 Å². The van der Waals surface area contributed by atoms with Gasteiger partial charge in [0.05, 0.1) is 11.4 Å². The van der Waals surface area contributed by atoms with Crippen LogP contribution in [0.2, 0.25) is 0 Å². The standard InChI is InChI=1S/C20H17N3O3/c1-14-8-5-6-12-17(14)23-19(25)16(18(24)22-20(23)26)11-7-13-21-15-9-3-2-4-10-15/h2-13,25H,1H3,(H,22,24,26)/b11-7-,21-13?. The number of aryl methyl sites for hydroxylation is 1. The SMILES string of the molecule is Cc1ccccc1-n1c(O)c(/C=C\C=Nc2ccccc2)c(=O)[nH]c1=O. The second kappa shape index (κ2) is 7.48. The zero-order valence-electron chi connectivity index (χ0n) is 14.1. The minimum absolute atomic E-state index is 0.0210. The molecule has 1 heterocycles. The molecule has 3 rings (SSSR count). The number of rotatable bonds is 4. The Balaban J connectivity index is 2.01. The molecular weight excluding hydrogens is 330 g/mol. The fraction of sp³-hybridized carbons (Fsp3) is 0.0500. The first-order valence-electron chi connectivity index (χ1n) is 7.98. The van der Waals surface area contributed by atoms with Crippen molar-refractivity contribution >= 4 is 18.0 Å². The van der Waals surface area contributed by atoms with Gasteiger partial charge in [-0.1, -0.05) is 36.4 Å². The Morgan fingerprint density at radius 3 is 2.46 bits per heavy atom. The van der Waals surface area contributed by atoms with Crippen molar-refractivity contribution in [3.63, 3.8) is 0 Å². The minimum Gasteiger partial charge on any atom is -0.494 e. The van der Waals surface area contributed by atoms with Gasteiger partial charge in [0.2, 0.25) is 5.88 Å². The first-order chi connectivity index (χ1) is 12.6. The Bertz CT molecular complexity index is 1090. The molecule has 0 aliphatic rings. The van der Waals surface area contributed by atoms with Crippen LogP contribution in [0.3, 0.4) is 0 Å². The van der Waals surface area contributed by atoms with E-state index in [9.17, 15) is 14.7 Å². The molecule has 0 bridgehead atoms. The van der Waals surface area contributed by atoms with E-state index in [1.807, 2.05) is 49.4 Å². The summed E-state index contributed by atoms with van der Waals surface area (Å²) in [5.41, 5.74) is 0.669. The summed E-state index contributed by atoms with van der Waals surface area (Å²) < 4.78 is 1.07. The van der Waals surface area contributed by atoms with Crippen molar-refractivity contribution < 1.29 is 5.11 Å². The normalized spacial score (nSPS) is 11.4. The Labute approximate surface area is 149 Å². The molecule has 0 fully saturated rings. The van der Waals surface area contributed by atoms with Gasteiger partial charge in [-0.2, -0.15) is 0 Å². The van der Waals surface area contributed by atoms with Crippen molar-refractivity contribution in [3.8, 4) is 11.6 Å². The number of nitrogens with zero attached hydrogens (tertiary/aromatic N) is 2. The van der Waals surface area contributed by atoms with Crippen LogP contribution in [-0.4, -0.2) is 20.9 Å². The number of allylic oxidation sites excluding steroid dienone is 1. The molecule has 2 N–H and O–H groups in total. The molecule has 0 aliphatic heterocycles. The third-order valence-electron chi connectivity index (χ3n) is 3.81. The lowest BCUT2D eigenvalue weighted by Gasteiger charge is -2.11. The zero-order valence-corrected chi connectivity index (χ0v) is 14.1. The molecule has 0 atom stereocenters. The summed E-state index contributed by atoms with van der Waals surface area (Å²) in [6, 6.07) is 16.4. The van der Waals surface area contributed by atoms with Gasteiger partial charge >= 0.3 is 5.69 Å². The molecule has 130 valence electrons. The molecule has 6 heteroatoms. The van der Waals surface area contributed by atoms with Gasteiger partial charge in [0.25, 0.3) is 5.56 Å². The smallest absolute Gasteiger partial charge is 0.335 e. The minimum atomic E-state index is -0.697. The number of benzene rings is 2. The van der Waals surface area contributed by atoms with E-state index >= 15 is 0 Å². The summed E-state index contributed by atoms with van der Waals surface area (Å²) in [5.74, 6) is -0.419. The van der Waals surface area contributed by atoms with Crippen molar-refractivity contribution in [1.82, 2.24) is 9.55 Å². The Morgan fingerprint density at radius 2 is 1.73 bits per heavy atom. The second-order valence-electron chi connectivity index (χ2n) is 5.59. The summed E-state index contributed by atoms with van der Waals surface area (Å²) in [5, 5.41) is 10.5. The Morgan fingerprint density at radius 1 is 1.04 bits per heavy atom. The van der Waals surface area contributed by atoms with Gasteiger partial charge in [0.1, 0.15) is 5.56 Å². The van der Waals surface area contributed by atoms with Crippen LogP contribution in [0, 0.1) is 6.92 Å². The van der Waals surface area contributed by atoms with E-state index < -0.39 is 17.1 Å². The van der Waals surface area contributed by atoms with E-state index in [2.05, 4.69) is 9.98 Å². The maximum absolute atomic E-state index is 12.2. The highest BCUT2D eigenvalue weighted by molar-refractivity contribution is 5.81. The number of para-hydroxylation sites is 2. The fourth-order valence-electron chi connectivity index (χ4n) is 2.51. The number of aromatic nitrogens is 2. The predicted octanol–water partition coefficient (Wildman–Crippen LogP) is 2.96. The number of aromatic amines is 1. The lowest BCUT2D eigenvalue weighted by molar-refractivity contribution is 0.429. The maximum atomic E-state index is 12.2. The molecule has 0 unspecified atom stereocenters. The van der Waals surface area contributed by atoms with Crippen molar-refractivity contribution in [2.75, 3.05) is 0 Å². The van der Waals surface area contributed by atoms with Crippen LogP contribution in [0.25, 0.3) is 11.8 Å². The number of nitrogens with one attached hydrogen (secondary N) is 1. The van der Waals surface area contributed by atoms with Crippen LogP contribution < -0.4 is 11.2 Å². The maximum Gasteiger partial charge on any atom is 0.335 e. The molecule has 1 aromatic heterocycles. The van der Waals surface area contributed by atoms with Gasteiger partial charge < -0.3 is 5.11 Å². The molecule has 0 saturated carbocycles. The van der Waals surface area contributed by atoms with E-state index in [1.165, 1.54) is 18.4 Å². The van der Waals surface area contributed by atoms with Gasteiger partial charge in [-0.25, -0.2) is 9.36 Å². The molecule has 0 spiro atoms. The molecule has 0 saturated heterocycles. The van der Waals surface area contributed by atoms with Crippen LogP contribution in [0.5, 0.6) is 5.88 Å². The molecule has 0 aliphatic carbocycles. The summed E-state index contributed by atoms with van der Waals surface area (Å²) in [4.78, 5) is 30.7. The van der Waals surface area contributed by atoms with E-state index in [4.69, 9.17) is 0 Å². The largest absolute Gasteiger partial charge is 0.494 e. The van der Waals surface area contributed by atoms with Crippen LogP contribution in [0.15, 0.2) is 75.3 Å². The molecule has 0 radical (unpaired) electrons. The van der Waals surface area contributed by atoms with Crippen LogP contribution in [0.1, 0.15) is 11.1 Å². The first kappa shape index (κ1) is 17.2. The van der Waals surface area contributed by atoms with E-state index in [0.717, 1.165) is 15.8 Å². The molecule has 2 aromatic carbocycles. The van der Waals surface area contributed by atoms with Crippen molar-refractivity contribution in [1.29, 1.82) is 0 Å². The van der Waals surface area contributed by atoms with E-state index in [-0.39, 0.29) is 5.56 Å². The van der Waals surface area contributed by atoms with E-state index in [0.29, 0.717) is 5.69 Å². The zero-order chi connectivity index (χ0) is 18.5. The van der Waals surface area contributed by atoms with Crippen LogP contribution in [0.4, 0.5) is 5.69 Å². The summed E-state index contributed by atoms with van der Waals surface area (Å²) in [7, 11) is 0. The monoisotopic (exact) mass is 347 g/mol. The summed E-state index contributed by atoms with van der Waals surface area (Å²) in [6.07, 6.45) is 4.45. The molecule has 26 heavy (non-hydrogen) atoms. The number of aromatic hydroxyl groups is 1. The first-order valence-corrected chi connectivity index (χ1v) is 7.98. The average molecular weight is 347 g/mol. The highest BCUT2D eigenvalue weighted by atomic mass is 16.3. The predicted molar refractivity (Wildman–Crippen MR) is 103 cm³/mol. The molecule has 0 amide bonds. The van der Waals surface area contributed by atoms with Crippen LogP contribution in [-0.2, 0) is 0 Å². The highest BCUT2D eigenvalue weighted by Gasteiger charge is 2.14. The highest BCUT2D eigenvalue weighted by Crippen LogP contribution is 2.19. The fourth-order valence-corrected chi connectivity index (χ4v) is 2.51. The van der Waals surface area contributed by atoms with Gasteiger partial charge in [-0.15, -0.1) is 0 Å². The number of H-pyrrole nitrogens is 1. The molecule has 6 nitrogen and oxygen atoms in total. The second-order valence-corrected chi connectivity index (χ2v) is 5.59. The Hall–Kier alpha value is -3.67. The van der Waals surface area contributed by atoms with Gasteiger partial charge in [-0.05, 0) is 42.8 Å². The van der Waals surface area contributed by atoms with Crippen LogP contribution >= 0.6 is 0 Å². The molecular formula is C20H17N3O3. The van der Waals surface area contributed by atoms with E-state index in [1.54, 1.807) is 12.1 Å². The molecule has 3 aromatic rings. The van der Waals surface area contributed by atoms with Gasteiger partial charge in [-0.3, -0.25) is 14.8 Å². The number of aliphatic imine (C=N–C) groups is 1. The van der Waals surface area contributed by atoms with Crippen molar-refractivity contribution in [2.45, 2.75) is 6.92 Å². The number of hydrogen-bond donors (Lipinski definition) is 2. The third-order valence-corrected chi connectivity index (χ3v) is 3.81. The lowest BCUT2D eigenvalue weighted by atomic mass is 10.2. The Kier molecular flexibility index (Phi) is 4.94. The topological polar surface area (TPSA) is 87.4 Å². The average Bonchev–Trinajstić information content (AvgIpc) is 2.63. The quantitative estimate of drug-likeness (QED) is 0.711. The number of hydrogen-bond acceptors (Lipinski definition) is 4.